The van der Waals surface area contributed by atoms with E-state index in [9.17, 15) is 71.0 Å². The maximum absolute atomic E-state index is 13.3. The molecule has 0 amide bonds. The first-order valence-electron chi connectivity index (χ1n) is 8.00. The van der Waals surface area contributed by atoms with Crippen LogP contribution in [0.1, 0.15) is 0 Å². The van der Waals surface area contributed by atoms with Crippen molar-refractivity contribution in [3.8, 4) is 0 Å². The van der Waals surface area contributed by atoms with Gasteiger partial charge in [-0.25, -0.2) is 9.47 Å². The molecule has 0 rings (SSSR count). The molecule has 0 aromatic carbocycles. The second kappa shape index (κ2) is 11.0. The highest BCUT2D eigenvalue weighted by Gasteiger charge is 2.85. The van der Waals surface area contributed by atoms with Crippen molar-refractivity contribution < 1.29 is 89.9 Å². The number of halogens is 16. The summed E-state index contributed by atoms with van der Waals surface area (Å²) in [5.74, 6) is -15.8. The zero-order chi connectivity index (χ0) is 27.4. The fraction of sp³-hybridized carbons (Fsp3) is 1.00. The SMILES string of the molecule is OC(COCCCl)COCC(F)(F)OC(F)(F)C(F)(F)OC(F)(F)C(F)(F)C(F)(F)C(F)(F)F. The van der Waals surface area contributed by atoms with Gasteiger partial charge < -0.3 is 14.6 Å². The lowest BCUT2D eigenvalue weighted by atomic mass is 10.1. The zero-order valence-electron chi connectivity index (χ0n) is 15.7. The number of hydrogen-bond donors (Lipinski definition) is 1. The van der Waals surface area contributed by atoms with Crippen molar-refractivity contribution >= 4 is 11.6 Å². The minimum atomic E-state index is -7.93. The molecule has 5 nitrogen and oxygen atoms in total. The summed E-state index contributed by atoms with van der Waals surface area (Å²) in [4.78, 5) is 0. The Kier molecular flexibility index (Phi) is 10.7. The summed E-state index contributed by atoms with van der Waals surface area (Å²) in [7, 11) is 0. The van der Waals surface area contributed by atoms with E-state index in [1.54, 1.807) is 0 Å². The Morgan fingerprint density at radius 2 is 1.06 bits per heavy atom. The molecule has 0 spiro atoms. The lowest BCUT2D eigenvalue weighted by molar-refractivity contribution is -0.543. The lowest BCUT2D eigenvalue weighted by Gasteiger charge is -2.36. The van der Waals surface area contributed by atoms with Gasteiger partial charge in [-0.05, 0) is 0 Å². The summed E-state index contributed by atoms with van der Waals surface area (Å²) < 4.78 is 204. The van der Waals surface area contributed by atoms with E-state index in [2.05, 4.69) is 14.2 Å². The van der Waals surface area contributed by atoms with Crippen molar-refractivity contribution in [2.24, 2.45) is 0 Å². The van der Waals surface area contributed by atoms with Crippen molar-refractivity contribution in [3.05, 3.63) is 0 Å². The fourth-order valence-electron chi connectivity index (χ4n) is 1.56. The van der Waals surface area contributed by atoms with Gasteiger partial charge in [-0.1, -0.05) is 0 Å². The van der Waals surface area contributed by atoms with E-state index in [1.807, 2.05) is 0 Å². The third kappa shape index (κ3) is 8.04. The van der Waals surface area contributed by atoms with Crippen molar-refractivity contribution in [3.63, 3.8) is 0 Å². The maximum Gasteiger partial charge on any atom is 0.460 e. The van der Waals surface area contributed by atoms with E-state index in [4.69, 9.17) is 11.6 Å². The minimum absolute atomic E-state index is 0.0658. The summed E-state index contributed by atoms with van der Waals surface area (Å²) in [5, 5.41) is 9.20. The highest BCUT2D eigenvalue weighted by Crippen LogP contribution is 2.55. The summed E-state index contributed by atoms with van der Waals surface area (Å²) in [6, 6.07) is 0. The highest BCUT2D eigenvalue weighted by molar-refractivity contribution is 6.17. The van der Waals surface area contributed by atoms with Crippen molar-refractivity contribution in [1.29, 1.82) is 0 Å². The van der Waals surface area contributed by atoms with Crippen LogP contribution < -0.4 is 0 Å². The van der Waals surface area contributed by atoms with Gasteiger partial charge in [0.15, 0.2) is 0 Å². The number of rotatable bonds is 15. The third-order valence-electron chi connectivity index (χ3n) is 3.10. The predicted octanol–water partition coefficient (Wildman–Crippen LogP) is 4.86. The largest absolute Gasteiger partial charge is 0.460 e. The summed E-state index contributed by atoms with van der Waals surface area (Å²) >= 11 is 5.18. The van der Waals surface area contributed by atoms with E-state index < -0.39 is 68.4 Å². The van der Waals surface area contributed by atoms with Crippen LogP contribution >= 0.6 is 11.6 Å². The third-order valence-corrected chi connectivity index (χ3v) is 3.25. The average molecular weight is 569 g/mol. The molecule has 0 aliphatic carbocycles. The second-order valence-corrected chi connectivity index (χ2v) is 6.35. The van der Waals surface area contributed by atoms with Gasteiger partial charge in [-0.15, -0.1) is 11.6 Å². The van der Waals surface area contributed by atoms with Crippen LogP contribution in [0.5, 0.6) is 0 Å². The molecule has 0 radical (unpaired) electrons. The molecule has 0 heterocycles. The number of ether oxygens (including phenoxy) is 4. The Morgan fingerprint density at radius 3 is 1.50 bits per heavy atom. The van der Waals surface area contributed by atoms with Gasteiger partial charge in [0.1, 0.15) is 12.7 Å². The van der Waals surface area contributed by atoms with Crippen LogP contribution in [-0.2, 0) is 18.9 Å². The van der Waals surface area contributed by atoms with Crippen LogP contribution in [0.3, 0.4) is 0 Å². The van der Waals surface area contributed by atoms with E-state index in [-0.39, 0.29) is 12.5 Å². The van der Waals surface area contributed by atoms with Crippen molar-refractivity contribution in [1.82, 2.24) is 0 Å². The summed E-state index contributed by atoms with van der Waals surface area (Å²) in [5.41, 5.74) is 0. The Balaban J connectivity index is 5.37. The van der Waals surface area contributed by atoms with E-state index in [0.29, 0.717) is 0 Å². The quantitative estimate of drug-likeness (QED) is 0.174. The van der Waals surface area contributed by atoms with Crippen LogP contribution in [0.4, 0.5) is 65.9 Å². The first kappa shape index (κ1) is 33.0. The van der Waals surface area contributed by atoms with E-state index in [0.717, 1.165) is 0 Å². The number of alkyl halides is 16. The average Bonchev–Trinajstić information content (AvgIpc) is 2.58. The first-order valence-corrected chi connectivity index (χ1v) is 8.54. The predicted molar refractivity (Wildman–Crippen MR) is 76.3 cm³/mol. The second-order valence-electron chi connectivity index (χ2n) is 5.97. The molecular weight excluding hydrogens is 557 g/mol. The number of hydrogen-bond acceptors (Lipinski definition) is 5. The molecule has 1 unspecified atom stereocenters. The van der Waals surface area contributed by atoms with Crippen LogP contribution in [-0.4, -0.2) is 86.0 Å². The monoisotopic (exact) mass is 568 g/mol. The topological polar surface area (TPSA) is 57.2 Å². The Hall–Kier alpha value is -0.960. The van der Waals surface area contributed by atoms with Crippen LogP contribution in [0.2, 0.25) is 0 Å². The molecule has 0 aliphatic rings. The van der Waals surface area contributed by atoms with E-state index in [1.165, 1.54) is 4.74 Å². The molecule has 34 heavy (non-hydrogen) atoms. The van der Waals surface area contributed by atoms with Gasteiger partial charge in [0.05, 0.1) is 19.8 Å². The molecule has 21 heteroatoms. The maximum atomic E-state index is 13.3. The Bertz CT molecular complexity index is 643. The van der Waals surface area contributed by atoms with Gasteiger partial charge in [0, 0.05) is 5.88 Å². The van der Waals surface area contributed by atoms with Gasteiger partial charge >= 0.3 is 42.5 Å². The molecular formula is C13H12ClF15O5. The summed E-state index contributed by atoms with van der Waals surface area (Å²) in [6.45, 7) is -4.30. The molecule has 0 aromatic rings. The Labute approximate surface area is 183 Å². The highest BCUT2D eigenvalue weighted by atomic mass is 35.5. The molecule has 0 aliphatic heterocycles. The van der Waals surface area contributed by atoms with E-state index >= 15 is 0 Å². The molecule has 0 bridgehead atoms. The minimum Gasteiger partial charge on any atom is -0.388 e. The van der Waals surface area contributed by atoms with Gasteiger partial charge in [0.2, 0.25) is 0 Å². The summed E-state index contributed by atoms with van der Waals surface area (Å²) in [6.07, 6.45) is -36.9. The normalized spacial score (nSPS) is 16.1. The van der Waals surface area contributed by atoms with Gasteiger partial charge in [-0.3, -0.25) is 0 Å². The molecule has 1 atom stereocenters. The fourth-order valence-corrected chi connectivity index (χ4v) is 1.67. The molecule has 0 saturated heterocycles. The zero-order valence-corrected chi connectivity index (χ0v) is 16.5. The van der Waals surface area contributed by atoms with Crippen molar-refractivity contribution in [2.75, 3.05) is 32.3 Å². The van der Waals surface area contributed by atoms with Crippen LogP contribution in [0.15, 0.2) is 0 Å². The smallest absolute Gasteiger partial charge is 0.388 e. The number of aliphatic hydroxyl groups excluding tert-OH is 1. The lowest BCUT2D eigenvalue weighted by Crippen LogP contribution is -2.64. The molecule has 0 saturated carbocycles. The van der Waals surface area contributed by atoms with Crippen LogP contribution in [0, 0.1) is 0 Å². The van der Waals surface area contributed by atoms with Gasteiger partial charge in [-0.2, -0.15) is 65.9 Å². The molecule has 0 aromatic heterocycles. The molecule has 1 N–H and O–H groups in total. The first-order chi connectivity index (χ1) is 14.9. The standard InChI is InChI=1S/C13H12ClF15O5/c14-1-2-31-3-6(30)4-32-5-7(15,16)33-12(26,27)13(28,29)34-11(24,25)9(19,20)8(17,18)10(21,22)23/h6,30H,1-5H2. The van der Waals surface area contributed by atoms with Crippen molar-refractivity contribution in [2.45, 2.75) is 48.6 Å². The number of aliphatic hydroxyl groups is 1. The van der Waals surface area contributed by atoms with Crippen LogP contribution in [0.25, 0.3) is 0 Å². The molecule has 0 fully saturated rings. The molecule has 206 valence electrons. The Morgan fingerprint density at radius 1 is 0.618 bits per heavy atom. The van der Waals surface area contributed by atoms with Gasteiger partial charge in [0.25, 0.3) is 0 Å².